The Kier molecular flexibility index (Phi) is 5.13. The summed E-state index contributed by atoms with van der Waals surface area (Å²) < 4.78 is 42.7. The molecule has 3 N–H and O–H groups in total. The number of rotatable bonds is 4. The van der Waals surface area contributed by atoms with Gasteiger partial charge in [-0.2, -0.15) is 13.2 Å². The molecule has 0 radical (unpaired) electrons. The zero-order chi connectivity index (χ0) is 14.6. The van der Waals surface area contributed by atoms with Crippen LogP contribution in [0.3, 0.4) is 0 Å². The minimum atomic E-state index is -4.69. The molecular weight excluding hydrogens is 308 g/mol. The normalized spacial score (nSPS) is 14.3. The number of hydrogen-bond donors (Lipinski definition) is 2. The van der Waals surface area contributed by atoms with E-state index in [0.717, 1.165) is 0 Å². The Morgan fingerprint density at radius 1 is 1.37 bits per heavy atom. The molecule has 0 spiro atoms. The third-order valence-electron chi connectivity index (χ3n) is 2.18. The van der Waals surface area contributed by atoms with Crippen molar-refractivity contribution in [3.63, 3.8) is 0 Å². The van der Waals surface area contributed by atoms with Crippen LogP contribution in [0.4, 0.5) is 13.2 Å². The van der Waals surface area contributed by atoms with Crippen molar-refractivity contribution in [1.29, 1.82) is 0 Å². The molecule has 1 atom stereocenters. The Labute approximate surface area is 116 Å². The van der Waals surface area contributed by atoms with Crippen molar-refractivity contribution in [1.82, 2.24) is 0 Å². The zero-order valence-corrected chi connectivity index (χ0v) is 10.8. The molecule has 0 saturated heterocycles. The second-order valence-electron chi connectivity index (χ2n) is 3.51. The molecule has 0 aromatic heterocycles. The third-order valence-corrected chi connectivity index (χ3v) is 2.91. The van der Waals surface area contributed by atoms with Gasteiger partial charge in [-0.1, -0.05) is 28.4 Å². The Hall–Kier alpha value is -1.34. The Morgan fingerprint density at radius 2 is 2.00 bits per heavy atom. The predicted molar refractivity (Wildman–Crippen MR) is 64.9 cm³/mol. The first-order chi connectivity index (χ1) is 8.75. The first kappa shape index (κ1) is 15.7. The first-order valence-corrected chi connectivity index (χ1v) is 5.63. The Bertz CT molecular complexity index is 480. The maximum absolute atomic E-state index is 12.6. The lowest BCUT2D eigenvalue weighted by atomic mass is 10.1. The van der Waals surface area contributed by atoms with E-state index >= 15 is 0 Å². The molecule has 0 amide bonds. The average Bonchev–Trinajstić information content (AvgIpc) is 2.31. The number of benzene rings is 1. The van der Waals surface area contributed by atoms with Gasteiger partial charge in [0, 0.05) is 6.07 Å². The van der Waals surface area contributed by atoms with Crippen molar-refractivity contribution < 1.29 is 23.1 Å². The number of halogens is 5. The van der Waals surface area contributed by atoms with Gasteiger partial charge in [-0.05, 0) is 12.1 Å². The van der Waals surface area contributed by atoms with E-state index in [0.29, 0.717) is 0 Å². The second-order valence-corrected chi connectivity index (χ2v) is 4.32. The quantitative estimate of drug-likeness (QED) is 0.387. The SMILES string of the molecule is N/C(=N/O)C(COc1ccc(Cl)c(Cl)c1)C(F)(F)F. The molecule has 1 unspecified atom stereocenters. The van der Waals surface area contributed by atoms with E-state index in [1.165, 1.54) is 18.2 Å². The lowest BCUT2D eigenvalue weighted by Crippen LogP contribution is -2.40. The third kappa shape index (κ3) is 4.36. The summed E-state index contributed by atoms with van der Waals surface area (Å²) in [5, 5.41) is 11.1. The van der Waals surface area contributed by atoms with Gasteiger partial charge in [-0.25, -0.2) is 0 Å². The van der Waals surface area contributed by atoms with Crippen LogP contribution in [0, 0.1) is 5.92 Å². The smallest absolute Gasteiger partial charge is 0.402 e. The standard InChI is InChI=1S/C10H9Cl2F3N2O2/c11-7-2-1-5(3-8(7)12)19-4-6(9(16)17-18)10(13,14)15/h1-3,6,18H,4H2,(H2,16,17). The monoisotopic (exact) mass is 316 g/mol. The topological polar surface area (TPSA) is 67.8 Å². The van der Waals surface area contributed by atoms with Crippen molar-refractivity contribution >= 4 is 29.0 Å². The van der Waals surface area contributed by atoms with Gasteiger partial charge < -0.3 is 15.7 Å². The summed E-state index contributed by atoms with van der Waals surface area (Å²) in [6.07, 6.45) is -4.69. The van der Waals surface area contributed by atoms with E-state index in [1.54, 1.807) is 0 Å². The van der Waals surface area contributed by atoms with Gasteiger partial charge in [0.25, 0.3) is 0 Å². The average molecular weight is 317 g/mol. The van der Waals surface area contributed by atoms with Crippen LogP contribution < -0.4 is 10.5 Å². The number of hydrogen-bond acceptors (Lipinski definition) is 3. The molecule has 0 aliphatic carbocycles. The van der Waals surface area contributed by atoms with Crippen LogP contribution in [-0.2, 0) is 0 Å². The summed E-state index contributed by atoms with van der Waals surface area (Å²) in [5.74, 6) is -3.10. The summed E-state index contributed by atoms with van der Waals surface area (Å²) in [5.41, 5.74) is 4.97. The minimum Gasteiger partial charge on any atom is -0.492 e. The van der Waals surface area contributed by atoms with E-state index in [2.05, 4.69) is 5.16 Å². The lowest BCUT2D eigenvalue weighted by Gasteiger charge is -2.19. The molecule has 106 valence electrons. The number of ether oxygens (including phenoxy) is 1. The number of nitrogens with two attached hydrogens (primary N) is 1. The molecule has 0 aliphatic heterocycles. The van der Waals surface area contributed by atoms with Crippen LogP contribution in [0.5, 0.6) is 5.75 Å². The van der Waals surface area contributed by atoms with Crippen molar-refractivity contribution in [2.45, 2.75) is 6.18 Å². The summed E-state index contributed by atoms with van der Waals surface area (Å²) in [7, 11) is 0. The molecule has 0 fully saturated rings. The molecule has 0 bridgehead atoms. The highest BCUT2D eigenvalue weighted by Gasteiger charge is 2.43. The van der Waals surface area contributed by atoms with Crippen molar-refractivity contribution in [3.05, 3.63) is 28.2 Å². The molecule has 4 nitrogen and oxygen atoms in total. The fraction of sp³-hybridized carbons (Fsp3) is 0.300. The largest absolute Gasteiger partial charge is 0.492 e. The van der Waals surface area contributed by atoms with Crippen LogP contribution in [0.1, 0.15) is 0 Å². The second kappa shape index (κ2) is 6.21. The molecule has 1 aromatic carbocycles. The molecule has 9 heteroatoms. The summed E-state index contributed by atoms with van der Waals surface area (Å²) in [6.45, 7) is -0.836. The maximum Gasteiger partial charge on any atom is 0.402 e. The number of oxime groups is 1. The molecule has 0 heterocycles. The van der Waals surface area contributed by atoms with Crippen LogP contribution in [-0.4, -0.2) is 23.8 Å². The number of amidine groups is 1. The highest BCUT2D eigenvalue weighted by Crippen LogP contribution is 2.29. The van der Waals surface area contributed by atoms with E-state index in [-0.39, 0.29) is 15.8 Å². The van der Waals surface area contributed by atoms with Gasteiger partial charge in [0.15, 0.2) is 5.84 Å². The van der Waals surface area contributed by atoms with Crippen molar-refractivity contribution in [2.24, 2.45) is 16.8 Å². The first-order valence-electron chi connectivity index (χ1n) is 4.87. The van der Waals surface area contributed by atoms with Gasteiger partial charge in [0.05, 0.1) is 10.0 Å². The highest BCUT2D eigenvalue weighted by atomic mass is 35.5. The minimum absolute atomic E-state index is 0.0920. The van der Waals surface area contributed by atoms with Crippen LogP contribution in [0.25, 0.3) is 0 Å². The molecule has 0 aliphatic rings. The van der Waals surface area contributed by atoms with Gasteiger partial charge in [-0.15, -0.1) is 0 Å². The van der Waals surface area contributed by atoms with Gasteiger partial charge in [0.1, 0.15) is 18.3 Å². The van der Waals surface area contributed by atoms with E-state index in [4.69, 9.17) is 38.9 Å². The van der Waals surface area contributed by atoms with Gasteiger partial charge in [-0.3, -0.25) is 0 Å². The van der Waals surface area contributed by atoms with E-state index in [1.807, 2.05) is 0 Å². The van der Waals surface area contributed by atoms with Gasteiger partial charge in [0.2, 0.25) is 0 Å². The number of alkyl halides is 3. The number of nitrogens with zero attached hydrogens (tertiary/aromatic N) is 1. The zero-order valence-electron chi connectivity index (χ0n) is 9.29. The van der Waals surface area contributed by atoms with Crippen molar-refractivity contribution in [3.8, 4) is 5.75 Å². The summed E-state index contributed by atoms with van der Waals surface area (Å²) >= 11 is 11.3. The molecule has 0 saturated carbocycles. The fourth-order valence-electron chi connectivity index (χ4n) is 1.16. The Morgan fingerprint density at radius 3 is 2.47 bits per heavy atom. The Balaban J connectivity index is 2.79. The predicted octanol–water partition coefficient (Wildman–Crippen LogP) is 3.30. The fourth-order valence-corrected chi connectivity index (χ4v) is 1.45. The molecule has 19 heavy (non-hydrogen) atoms. The maximum atomic E-state index is 12.6. The highest BCUT2D eigenvalue weighted by molar-refractivity contribution is 6.42. The summed E-state index contributed by atoms with van der Waals surface area (Å²) in [4.78, 5) is 0. The molecule has 1 rings (SSSR count). The van der Waals surface area contributed by atoms with E-state index in [9.17, 15) is 13.2 Å². The van der Waals surface area contributed by atoms with Crippen LogP contribution in [0.15, 0.2) is 23.4 Å². The molecule has 1 aromatic rings. The van der Waals surface area contributed by atoms with E-state index < -0.39 is 24.5 Å². The summed E-state index contributed by atoms with van der Waals surface area (Å²) in [6, 6.07) is 4.00. The van der Waals surface area contributed by atoms with Crippen LogP contribution in [0.2, 0.25) is 10.0 Å². The van der Waals surface area contributed by atoms with Crippen molar-refractivity contribution in [2.75, 3.05) is 6.61 Å². The van der Waals surface area contributed by atoms with Gasteiger partial charge >= 0.3 is 6.18 Å². The lowest BCUT2D eigenvalue weighted by molar-refractivity contribution is -0.162. The molecular formula is C10H9Cl2F3N2O2. The van der Waals surface area contributed by atoms with Crippen LogP contribution >= 0.6 is 23.2 Å².